The second-order valence-corrected chi connectivity index (χ2v) is 15.7. The van der Waals surface area contributed by atoms with Gasteiger partial charge in [-0.05, 0) is 95.9 Å². The van der Waals surface area contributed by atoms with Crippen LogP contribution >= 0.6 is 11.6 Å². The van der Waals surface area contributed by atoms with E-state index in [-0.39, 0.29) is 16.2 Å². The molecular weight excluding hydrogens is 564 g/mol. The van der Waals surface area contributed by atoms with Gasteiger partial charge < -0.3 is 15.1 Å². The van der Waals surface area contributed by atoms with E-state index in [0.717, 1.165) is 54.9 Å². The number of halogens is 1. The van der Waals surface area contributed by atoms with Gasteiger partial charge in [0.25, 0.3) is 0 Å². The lowest BCUT2D eigenvalue weighted by Crippen LogP contribution is -2.26. The van der Waals surface area contributed by atoms with E-state index in [1.807, 2.05) is 50.5 Å². The van der Waals surface area contributed by atoms with Crippen LogP contribution < -0.4 is 0 Å². The van der Waals surface area contributed by atoms with Crippen molar-refractivity contribution in [3.63, 3.8) is 0 Å². The Balaban J connectivity index is 0.000000358. The Kier molecular flexibility index (Phi) is 13.0. The highest BCUT2D eigenvalue weighted by atomic mass is 35.5. The molecule has 2 N–H and O–H groups in total. The molecular formula is C39H59ClN2O2. The van der Waals surface area contributed by atoms with E-state index < -0.39 is 0 Å². The number of rotatable bonds is 8. The third-order valence-corrected chi connectivity index (χ3v) is 8.46. The van der Waals surface area contributed by atoms with Gasteiger partial charge in [0.2, 0.25) is 0 Å². The van der Waals surface area contributed by atoms with Gasteiger partial charge in [0.1, 0.15) is 11.5 Å². The molecule has 0 atom stereocenters. The van der Waals surface area contributed by atoms with Gasteiger partial charge in [-0.1, -0.05) is 118 Å². The quantitative estimate of drug-likeness (QED) is 0.262. The molecule has 3 aromatic carbocycles. The van der Waals surface area contributed by atoms with Gasteiger partial charge in [0.05, 0.1) is 0 Å². The van der Waals surface area contributed by atoms with Crippen LogP contribution in [0.25, 0.3) is 11.1 Å². The number of aromatic hydroxyl groups is 2. The van der Waals surface area contributed by atoms with Crippen LogP contribution in [0.1, 0.15) is 104 Å². The standard InChI is InChI=1S/C25H36ClNO.C14H23NO/c1-9-27(10-2)16-19-20(24(3,4)5)15-21(25(6,7)8)22(23(19)28)17-11-13-18(26)14-12-17;1-14(2,3)12-7-6-11(13(16)10-12)8-9-15(4)5/h11-15,28H,9-10,16H2,1-8H3;6-7,10,16H,8-9H2,1-5H3. The molecule has 0 heterocycles. The fourth-order valence-corrected chi connectivity index (χ4v) is 5.42. The van der Waals surface area contributed by atoms with Crippen molar-refractivity contribution in [1.82, 2.24) is 9.80 Å². The van der Waals surface area contributed by atoms with E-state index in [0.29, 0.717) is 16.5 Å². The Morgan fingerprint density at radius 2 is 1.25 bits per heavy atom. The van der Waals surface area contributed by atoms with Gasteiger partial charge in [-0.15, -0.1) is 0 Å². The molecule has 3 rings (SSSR count). The summed E-state index contributed by atoms with van der Waals surface area (Å²) in [6.07, 6.45) is 0.892. The van der Waals surface area contributed by atoms with Crippen molar-refractivity contribution < 1.29 is 10.2 Å². The minimum absolute atomic E-state index is 0.0571. The first-order chi connectivity index (χ1) is 20.2. The summed E-state index contributed by atoms with van der Waals surface area (Å²) in [5, 5.41) is 22.2. The van der Waals surface area contributed by atoms with Crippen molar-refractivity contribution >= 4 is 11.6 Å². The zero-order valence-electron chi connectivity index (χ0n) is 29.8. The SMILES string of the molecule is CCN(CC)Cc1c(C(C)(C)C)cc(C(C)(C)C)c(-c2ccc(Cl)cc2)c1O.CN(C)CCc1ccc(C(C)(C)C)cc1O. The van der Waals surface area contributed by atoms with Crippen LogP contribution in [0.5, 0.6) is 11.5 Å². The van der Waals surface area contributed by atoms with E-state index in [1.165, 1.54) is 16.7 Å². The second kappa shape index (κ2) is 15.2. The van der Waals surface area contributed by atoms with Gasteiger partial charge in [-0.25, -0.2) is 0 Å². The van der Waals surface area contributed by atoms with Crippen LogP contribution in [-0.2, 0) is 29.2 Å². The summed E-state index contributed by atoms with van der Waals surface area (Å²) in [7, 11) is 4.08. The summed E-state index contributed by atoms with van der Waals surface area (Å²) in [5.41, 5.74) is 7.51. The Morgan fingerprint density at radius 3 is 1.68 bits per heavy atom. The van der Waals surface area contributed by atoms with Crippen molar-refractivity contribution in [1.29, 1.82) is 0 Å². The van der Waals surface area contributed by atoms with Crippen LogP contribution in [0.2, 0.25) is 5.02 Å². The third kappa shape index (κ3) is 10.3. The van der Waals surface area contributed by atoms with Crippen molar-refractivity contribution in [2.75, 3.05) is 33.7 Å². The summed E-state index contributed by atoms with van der Waals surface area (Å²) in [6.45, 7) is 27.7. The number of phenolic OH excluding ortho intramolecular Hbond substituents is 2. The van der Waals surface area contributed by atoms with Crippen LogP contribution in [0, 0.1) is 0 Å². The first-order valence-electron chi connectivity index (χ1n) is 16.1. The van der Waals surface area contributed by atoms with Crippen molar-refractivity contribution in [3.05, 3.63) is 81.4 Å². The smallest absolute Gasteiger partial charge is 0.128 e. The lowest BCUT2D eigenvalue weighted by atomic mass is 9.74. The predicted molar refractivity (Wildman–Crippen MR) is 192 cm³/mol. The molecule has 0 radical (unpaired) electrons. The second-order valence-electron chi connectivity index (χ2n) is 15.3. The molecule has 0 aliphatic carbocycles. The van der Waals surface area contributed by atoms with Crippen molar-refractivity contribution in [3.8, 4) is 22.6 Å². The topological polar surface area (TPSA) is 46.9 Å². The average molecular weight is 623 g/mol. The molecule has 44 heavy (non-hydrogen) atoms. The van der Waals surface area contributed by atoms with E-state index in [4.69, 9.17) is 11.6 Å². The summed E-state index contributed by atoms with van der Waals surface area (Å²) < 4.78 is 0. The fourth-order valence-electron chi connectivity index (χ4n) is 5.30. The minimum atomic E-state index is -0.0970. The first-order valence-corrected chi connectivity index (χ1v) is 16.4. The van der Waals surface area contributed by atoms with Crippen LogP contribution in [0.3, 0.4) is 0 Å². The molecule has 0 bridgehead atoms. The van der Waals surface area contributed by atoms with Crippen LogP contribution in [-0.4, -0.2) is 53.7 Å². The number of hydrogen-bond acceptors (Lipinski definition) is 4. The molecule has 0 aromatic heterocycles. The van der Waals surface area contributed by atoms with E-state index in [2.05, 4.69) is 98.1 Å². The fraction of sp³-hybridized carbons (Fsp3) is 0.538. The van der Waals surface area contributed by atoms with E-state index >= 15 is 0 Å². The average Bonchev–Trinajstić information content (AvgIpc) is 2.90. The molecule has 0 saturated heterocycles. The van der Waals surface area contributed by atoms with Crippen LogP contribution in [0.4, 0.5) is 0 Å². The van der Waals surface area contributed by atoms with Gasteiger partial charge >= 0.3 is 0 Å². The first kappa shape index (κ1) is 37.7. The highest BCUT2D eigenvalue weighted by Crippen LogP contribution is 2.46. The molecule has 4 nitrogen and oxygen atoms in total. The maximum Gasteiger partial charge on any atom is 0.128 e. The van der Waals surface area contributed by atoms with Crippen molar-refractivity contribution in [2.45, 2.75) is 105 Å². The number of benzene rings is 3. The zero-order chi connectivity index (χ0) is 33.6. The summed E-state index contributed by atoms with van der Waals surface area (Å²) in [4.78, 5) is 4.48. The number of likely N-dealkylation sites (N-methyl/N-ethyl adjacent to an activating group) is 1. The highest BCUT2D eigenvalue weighted by Gasteiger charge is 2.30. The molecule has 0 amide bonds. The molecule has 0 unspecified atom stereocenters. The largest absolute Gasteiger partial charge is 0.508 e. The molecule has 244 valence electrons. The molecule has 0 spiro atoms. The molecule has 0 aliphatic rings. The maximum atomic E-state index is 11.6. The zero-order valence-corrected chi connectivity index (χ0v) is 30.6. The van der Waals surface area contributed by atoms with Crippen LogP contribution in [0.15, 0.2) is 48.5 Å². The van der Waals surface area contributed by atoms with Gasteiger partial charge in [-0.2, -0.15) is 0 Å². The molecule has 3 aromatic rings. The highest BCUT2D eigenvalue weighted by molar-refractivity contribution is 6.30. The lowest BCUT2D eigenvalue weighted by molar-refractivity contribution is 0.288. The summed E-state index contributed by atoms with van der Waals surface area (Å²) in [5.74, 6) is 0.834. The Labute approximate surface area is 274 Å². The predicted octanol–water partition coefficient (Wildman–Crippen LogP) is 9.94. The Bertz CT molecular complexity index is 1350. The summed E-state index contributed by atoms with van der Waals surface area (Å²) in [6, 6.07) is 16.2. The Morgan fingerprint density at radius 1 is 0.705 bits per heavy atom. The van der Waals surface area contributed by atoms with Crippen molar-refractivity contribution in [2.24, 2.45) is 0 Å². The molecule has 0 fully saturated rings. The van der Waals surface area contributed by atoms with Gasteiger partial charge in [-0.3, -0.25) is 4.90 Å². The lowest BCUT2D eigenvalue weighted by Gasteiger charge is -2.33. The van der Waals surface area contributed by atoms with Gasteiger partial charge in [0.15, 0.2) is 0 Å². The third-order valence-electron chi connectivity index (χ3n) is 8.21. The number of phenols is 2. The molecule has 5 heteroatoms. The normalized spacial score (nSPS) is 12.5. The monoisotopic (exact) mass is 622 g/mol. The Hall–Kier alpha value is -2.53. The molecule has 0 saturated carbocycles. The number of hydrogen-bond donors (Lipinski definition) is 2. The minimum Gasteiger partial charge on any atom is -0.508 e. The number of nitrogens with zero attached hydrogens (tertiary/aromatic N) is 2. The van der Waals surface area contributed by atoms with E-state index in [1.54, 1.807) is 0 Å². The van der Waals surface area contributed by atoms with Gasteiger partial charge in [0, 0.05) is 29.2 Å². The summed E-state index contributed by atoms with van der Waals surface area (Å²) >= 11 is 6.12. The maximum absolute atomic E-state index is 11.6. The van der Waals surface area contributed by atoms with E-state index in [9.17, 15) is 10.2 Å². The molecule has 0 aliphatic heterocycles.